The first-order valence-electron chi connectivity index (χ1n) is 16.9. The van der Waals surface area contributed by atoms with Crippen molar-refractivity contribution in [1.29, 1.82) is 0 Å². The van der Waals surface area contributed by atoms with E-state index in [1.54, 1.807) is 26.0 Å². The van der Waals surface area contributed by atoms with Crippen molar-refractivity contribution in [3.8, 4) is 16.9 Å². The molecule has 15 heteroatoms. The summed E-state index contributed by atoms with van der Waals surface area (Å²) in [5.74, 6) is -2.78. The van der Waals surface area contributed by atoms with E-state index < -0.39 is 57.7 Å². The van der Waals surface area contributed by atoms with Crippen LogP contribution >= 0.6 is 0 Å². The largest absolute Gasteiger partial charge is 0.506 e. The standard InChI is InChI=1S/C41H34F6N4O5/c1-4-39(2,3)35(53)22-7-5-8-23(17-22)38(56)51-33-21-28(13-16-34(33)52)50-37(55)25-10-6-9-24(18-25)36(54)49-27-12-15-30(32(20-27)41(45,46)47)29-14-11-26(48)19-31(29)40(42,43)44/h5-21,52H,4,48H2,1-3H3,(H,49,54)(H,50,55)(H,51,56). The molecule has 5 rings (SSSR count). The number of nitrogens with one attached hydrogen (secondary N) is 3. The first-order chi connectivity index (χ1) is 26.2. The lowest BCUT2D eigenvalue weighted by atomic mass is 9.82. The molecule has 5 aromatic rings. The van der Waals surface area contributed by atoms with Crippen molar-refractivity contribution in [3.05, 3.63) is 137 Å². The fraction of sp³-hybridized carbons (Fsp3) is 0.171. The van der Waals surface area contributed by atoms with Gasteiger partial charge in [0.2, 0.25) is 0 Å². The maximum Gasteiger partial charge on any atom is 0.417 e. The molecule has 0 fully saturated rings. The number of carbonyl (C=O) groups excluding carboxylic acids is 4. The summed E-state index contributed by atoms with van der Waals surface area (Å²) in [4.78, 5) is 52.4. The van der Waals surface area contributed by atoms with E-state index in [2.05, 4.69) is 16.0 Å². The number of anilines is 4. The van der Waals surface area contributed by atoms with Crippen LogP contribution in [0.15, 0.2) is 103 Å². The number of aromatic hydroxyl groups is 1. The minimum absolute atomic E-state index is 0.0536. The van der Waals surface area contributed by atoms with E-state index in [1.165, 1.54) is 48.5 Å². The number of ketones is 1. The molecule has 0 bridgehead atoms. The number of phenols is 1. The molecule has 5 aromatic carbocycles. The maximum atomic E-state index is 14.2. The van der Waals surface area contributed by atoms with E-state index in [4.69, 9.17) is 5.73 Å². The van der Waals surface area contributed by atoms with Gasteiger partial charge in [-0.1, -0.05) is 51.1 Å². The highest BCUT2D eigenvalue weighted by molar-refractivity contribution is 6.10. The van der Waals surface area contributed by atoms with Crippen LogP contribution in [0, 0.1) is 5.41 Å². The Kier molecular flexibility index (Phi) is 11.3. The third kappa shape index (κ3) is 9.17. The molecule has 0 radical (unpaired) electrons. The Morgan fingerprint density at radius 3 is 1.57 bits per heavy atom. The molecule has 290 valence electrons. The second kappa shape index (κ2) is 15.6. The van der Waals surface area contributed by atoms with Gasteiger partial charge in [0, 0.05) is 44.7 Å². The van der Waals surface area contributed by atoms with Crippen molar-refractivity contribution in [2.24, 2.45) is 5.41 Å². The van der Waals surface area contributed by atoms with E-state index in [0.717, 1.165) is 30.3 Å². The Bertz CT molecular complexity index is 2350. The molecule has 0 aliphatic carbocycles. The molecular weight excluding hydrogens is 742 g/mol. The molecule has 9 nitrogen and oxygen atoms in total. The van der Waals surface area contributed by atoms with Crippen molar-refractivity contribution >= 4 is 46.3 Å². The molecule has 0 heterocycles. The van der Waals surface area contributed by atoms with Crippen molar-refractivity contribution in [2.75, 3.05) is 21.7 Å². The molecule has 0 saturated carbocycles. The van der Waals surface area contributed by atoms with Crippen LogP contribution in [0.3, 0.4) is 0 Å². The number of benzene rings is 5. The number of nitrogens with two attached hydrogens (primary N) is 1. The molecule has 0 atom stereocenters. The summed E-state index contributed by atoms with van der Waals surface area (Å²) in [6, 6.07) is 19.8. The van der Waals surface area contributed by atoms with Crippen LogP contribution in [-0.4, -0.2) is 28.6 Å². The number of nitrogen functional groups attached to an aromatic ring is 1. The quantitative estimate of drug-likeness (QED) is 0.0313. The molecule has 0 aliphatic heterocycles. The van der Waals surface area contributed by atoms with E-state index in [-0.39, 0.29) is 51.0 Å². The molecular formula is C41H34F6N4O5. The number of rotatable bonds is 10. The Balaban J connectivity index is 1.32. The zero-order chi connectivity index (χ0) is 41.2. The second-order valence-corrected chi connectivity index (χ2v) is 13.4. The van der Waals surface area contributed by atoms with Gasteiger partial charge in [-0.05, 0) is 90.3 Å². The van der Waals surface area contributed by atoms with Gasteiger partial charge in [0.05, 0.1) is 16.8 Å². The SMILES string of the molecule is CCC(C)(C)C(=O)c1cccc(C(=O)Nc2cc(NC(=O)c3cccc(C(=O)Nc4ccc(-c5ccc(N)cc5C(F)(F)F)c(C(F)(F)F)c4)c3)ccc2O)c1. The molecule has 3 amide bonds. The Morgan fingerprint density at radius 1 is 0.589 bits per heavy atom. The van der Waals surface area contributed by atoms with Gasteiger partial charge in [0.1, 0.15) is 5.75 Å². The van der Waals surface area contributed by atoms with Gasteiger partial charge in [-0.3, -0.25) is 19.2 Å². The Morgan fingerprint density at radius 2 is 1.04 bits per heavy atom. The van der Waals surface area contributed by atoms with Crippen LogP contribution in [0.4, 0.5) is 49.1 Å². The van der Waals surface area contributed by atoms with Crippen molar-refractivity contribution < 1.29 is 50.6 Å². The minimum Gasteiger partial charge on any atom is -0.506 e. The number of carbonyl (C=O) groups is 4. The average molecular weight is 777 g/mol. The van der Waals surface area contributed by atoms with Gasteiger partial charge in [0.15, 0.2) is 5.78 Å². The molecule has 6 N–H and O–H groups in total. The smallest absolute Gasteiger partial charge is 0.417 e. The Hall–Kier alpha value is -6.64. The first-order valence-corrected chi connectivity index (χ1v) is 16.9. The molecule has 0 spiro atoms. The highest BCUT2D eigenvalue weighted by Gasteiger charge is 2.39. The van der Waals surface area contributed by atoms with Gasteiger partial charge < -0.3 is 26.8 Å². The summed E-state index contributed by atoms with van der Waals surface area (Å²) in [6.45, 7) is 5.48. The first kappa shape index (κ1) is 40.5. The van der Waals surface area contributed by atoms with E-state index in [0.29, 0.717) is 24.1 Å². The number of alkyl halides is 6. The summed E-state index contributed by atoms with van der Waals surface area (Å²) in [7, 11) is 0. The zero-order valence-electron chi connectivity index (χ0n) is 29.9. The summed E-state index contributed by atoms with van der Waals surface area (Å²) in [5, 5.41) is 17.8. The topological polar surface area (TPSA) is 151 Å². The van der Waals surface area contributed by atoms with Crippen molar-refractivity contribution in [2.45, 2.75) is 39.5 Å². The second-order valence-electron chi connectivity index (χ2n) is 13.4. The van der Waals surface area contributed by atoms with Crippen LogP contribution in [-0.2, 0) is 12.4 Å². The summed E-state index contributed by atoms with van der Waals surface area (Å²) < 4.78 is 83.7. The highest BCUT2D eigenvalue weighted by Crippen LogP contribution is 2.44. The number of Topliss-reactive ketones (excluding diaryl/α,β-unsaturated/α-hetero) is 1. The number of hydrogen-bond donors (Lipinski definition) is 5. The van der Waals surface area contributed by atoms with Gasteiger partial charge in [-0.2, -0.15) is 26.3 Å². The fourth-order valence-electron chi connectivity index (χ4n) is 5.59. The minimum atomic E-state index is -5.12. The third-order valence-electron chi connectivity index (χ3n) is 9.00. The molecule has 0 aromatic heterocycles. The van der Waals surface area contributed by atoms with Crippen LogP contribution in [0.2, 0.25) is 0 Å². The zero-order valence-corrected chi connectivity index (χ0v) is 29.9. The predicted octanol–water partition coefficient (Wildman–Crippen LogP) is 10.1. The summed E-state index contributed by atoms with van der Waals surface area (Å²) in [5.41, 5.74) is 0.148. The van der Waals surface area contributed by atoms with E-state index >= 15 is 0 Å². The van der Waals surface area contributed by atoms with E-state index in [1.807, 2.05) is 6.92 Å². The van der Waals surface area contributed by atoms with Crippen LogP contribution < -0.4 is 21.7 Å². The third-order valence-corrected chi connectivity index (χ3v) is 9.00. The van der Waals surface area contributed by atoms with Gasteiger partial charge in [-0.25, -0.2) is 0 Å². The number of hydrogen-bond acceptors (Lipinski definition) is 6. The summed E-state index contributed by atoms with van der Waals surface area (Å²) in [6.07, 6.45) is -9.55. The lowest BCUT2D eigenvalue weighted by Crippen LogP contribution is -2.23. The van der Waals surface area contributed by atoms with Crippen LogP contribution in [0.1, 0.15) is 79.8 Å². The Labute approximate surface area is 316 Å². The number of amides is 3. The van der Waals surface area contributed by atoms with Gasteiger partial charge in [-0.15, -0.1) is 0 Å². The van der Waals surface area contributed by atoms with Crippen molar-refractivity contribution in [3.63, 3.8) is 0 Å². The average Bonchev–Trinajstić information content (AvgIpc) is 3.15. The number of halogens is 6. The lowest BCUT2D eigenvalue weighted by Gasteiger charge is -2.21. The number of phenolic OH excluding ortho intramolecular Hbond substituents is 1. The normalized spacial score (nSPS) is 11.8. The molecule has 0 unspecified atom stereocenters. The lowest BCUT2D eigenvalue weighted by molar-refractivity contribution is -0.139. The van der Waals surface area contributed by atoms with Gasteiger partial charge >= 0.3 is 12.4 Å². The highest BCUT2D eigenvalue weighted by atomic mass is 19.4. The monoisotopic (exact) mass is 776 g/mol. The summed E-state index contributed by atoms with van der Waals surface area (Å²) >= 11 is 0. The van der Waals surface area contributed by atoms with Crippen molar-refractivity contribution in [1.82, 2.24) is 0 Å². The maximum absolute atomic E-state index is 14.2. The fourth-order valence-corrected chi connectivity index (χ4v) is 5.59. The molecule has 56 heavy (non-hydrogen) atoms. The van der Waals surface area contributed by atoms with Crippen LogP contribution in [0.25, 0.3) is 11.1 Å². The molecule has 0 aliphatic rings. The molecule has 0 saturated heterocycles. The van der Waals surface area contributed by atoms with Crippen LogP contribution in [0.5, 0.6) is 5.75 Å². The van der Waals surface area contributed by atoms with E-state index in [9.17, 15) is 50.6 Å². The predicted molar refractivity (Wildman–Crippen MR) is 200 cm³/mol. The van der Waals surface area contributed by atoms with Gasteiger partial charge in [0.25, 0.3) is 17.7 Å².